The second kappa shape index (κ2) is 12.7. The second-order valence-electron chi connectivity index (χ2n) is 6.69. The molecule has 0 radical (unpaired) electrons. The molecule has 0 saturated carbocycles. The predicted molar refractivity (Wildman–Crippen MR) is 90.1 cm³/mol. The highest BCUT2D eigenvalue weighted by Crippen LogP contribution is 2.25. The van der Waals surface area contributed by atoms with Gasteiger partial charge in [-0.15, -0.1) is 0 Å². The first-order valence-electron chi connectivity index (χ1n) is 8.66. The molecule has 0 aliphatic rings. The van der Waals surface area contributed by atoms with Crippen molar-refractivity contribution in [1.29, 1.82) is 0 Å². The van der Waals surface area contributed by atoms with Gasteiger partial charge >= 0.3 is 5.97 Å². The maximum Gasteiger partial charge on any atom is 0.311 e. The van der Waals surface area contributed by atoms with Crippen LogP contribution in [-0.4, -0.2) is 71.7 Å². The van der Waals surface area contributed by atoms with Crippen molar-refractivity contribution >= 4 is 5.97 Å². The van der Waals surface area contributed by atoms with E-state index in [1.54, 1.807) is 4.90 Å². The number of hydrogen-bond acceptors (Lipinski definition) is 6. The van der Waals surface area contributed by atoms with Crippen molar-refractivity contribution < 1.29 is 24.9 Å². The Morgan fingerprint density at radius 2 is 1.74 bits per heavy atom. The molecule has 0 saturated heterocycles. The van der Waals surface area contributed by atoms with Gasteiger partial charge in [0.1, 0.15) is 12.7 Å². The largest absolute Gasteiger partial charge is 0.462 e. The van der Waals surface area contributed by atoms with Gasteiger partial charge in [0, 0.05) is 19.6 Å². The minimum absolute atomic E-state index is 0.0443. The van der Waals surface area contributed by atoms with Crippen molar-refractivity contribution in [2.75, 3.05) is 39.5 Å². The van der Waals surface area contributed by atoms with Crippen LogP contribution >= 0.6 is 0 Å². The summed E-state index contributed by atoms with van der Waals surface area (Å²) in [6.07, 6.45) is 4.41. The zero-order valence-electron chi connectivity index (χ0n) is 15.0. The molecular weight excluding hydrogens is 298 g/mol. The van der Waals surface area contributed by atoms with Gasteiger partial charge in [0.2, 0.25) is 0 Å². The average molecular weight is 333 g/mol. The summed E-state index contributed by atoms with van der Waals surface area (Å²) in [5, 5.41) is 27.8. The van der Waals surface area contributed by atoms with E-state index in [2.05, 4.69) is 6.92 Å². The lowest BCUT2D eigenvalue weighted by Gasteiger charge is -2.26. The highest BCUT2D eigenvalue weighted by atomic mass is 16.5. The fourth-order valence-electron chi connectivity index (χ4n) is 2.39. The van der Waals surface area contributed by atoms with Crippen LogP contribution in [0, 0.1) is 5.41 Å². The van der Waals surface area contributed by atoms with Crippen molar-refractivity contribution in [1.82, 2.24) is 4.90 Å². The minimum Gasteiger partial charge on any atom is -0.462 e. The monoisotopic (exact) mass is 333 g/mol. The molecule has 0 heterocycles. The van der Waals surface area contributed by atoms with Crippen molar-refractivity contribution in [3.05, 3.63) is 0 Å². The molecule has 0 rings (SSSR count). The summed E-state index contributed by atoms with van der Waals surface area (Å²) >= 11 is 0. The summed E-state index contributed by atoms with van der Waals surface area (Å²) in [5.41, 5.74) is -0.538. The van der Waals surface area contributed by atoms with Crippen LogP contribution < -0.4 is 0 Å². The number of ether oxygens (including phenoxy) is 1. The molecule has 3 N–H and O–H groups in total. The molecule has 0 fully saturated rings. The highest BCUT2D eigenvalue weighted by Gasteiger charge is 2.29. The van der Waals surface area contributed by atoms with Crippen LogP contribution in [0.4, 0.5) is 0 Å². The van der Waals surface area contributed by atoms with Crippen LogP contribution in [0.25, 0.3) is 0 Å². The molecule has 0 bridgehead atoms. The number of nitrogens with zero attached hydrogens (tertiary/aromatic N) is 1. The fourth-order valence-corrected chi connectivity index (χ4v) is 2.39. The van der Waals surface area contributed by atoms with Gasteiger partial charge in [-0.2, -0.15) is 0 Å². The molecule has 1 unspecified atom stereocenters. The molecule has 0 amide bonds. The third-order valence-corrected chi connectivity index (χ3v) is 3.92. The summed E-state index contributed by atoms with van der Waals surface area (Å²) < 4.78 is 5.24. The van der Waals surface area contributed by atoms with E-state index in [0.717, 1.165) is 25.7 Å². The summed E-state index contributed by atoms with van der Waals surface area (Å²) in [6, 6.07) is 0. The molecule has 0 aliphatic carbocycles. The van der Waals surface area contributed by atoms with Gasteiger partial charge in [0.05, 0.1) is 18.6 Å². The molecule has 0 aromatic heterocycles. The Morgan fingerprint density at radius 1 is 1.13 bits per heavy atom. The first kappa shape index (κ1) is 22.3. The van der Waals surface area contributed by atoms with Crippen LogP contribution in [0.15, 0.2) is 0 Å². The number of rotatable bonds is 14. The zero-order valence-corrected chi connectivity index (χ0v) is 15.0. The van der Waals surface area contributed by atoms with Crippen molar-refractivity contribution in [3.8, 4) is 0 Å². The van der Waals surface area contributed by atoms with E-state index in [1.165, 1.54) is 6.42 Å². The Morgan fingerprint density at radius 3 is 2.26 bits per heavy atom. The highest BCUT2D eigenvalue weighted by molar-refractivity contribution is 5.75. The Labute approximate surface area is 140 Å². The van der Waals surface area contributed by atoms with Crippen LogP contribution in [-0.2, 0) is 9.53 Å². The van der Waals surface area contributed by atoms with Crippen LogP contribution in [0.5, 0.6) is 0 Å². The lowest BCUT2D eigenvalue weighted by molar-refractivity contribution is -0.157. The second-order valence-corrected chi connectivity index (χ2v) is 6.69. The molecular formula is C17H35NO5. The first-order valence-corrected chi connectivity index (χ1v) is 8.66. The SMILES string of the molecule is CCCCCCC(C)(C)C(=O)OCC(O)CN(CCO)CCO. The van der Waals surface area contributed by atoms with E-state index in [4.69, 9.17) is 14.9 Å². The fraction of sp³-hybridized carbons (Fsp3) is 0.941. The summed E-state index contributed by atoms with van der Waals surface area (Å²) in [7, 11) is 0. The molecule has 0 aliphatic heterocycles. The smallest absolute Gasteiger partial charge is 0.311 e. The molecule has 138 valence electrons. The van der Waals surface area contributed by atoms with Gasteiger partial charge in [-0.05, 0) is 20.3 Å². The van der Waals surface area contributed by atoms with Crippen molar-refractivity contribution in [3.63, 3.8) is 0 Å². The number of aliphatic hydroxyl groups is 3. The minimum atomic E-state index is -0.826. The summed E-state index contributed by atoms with van der Waals surface area (Å²) in [6.45, 7) is 6.74. The van der Waals surface area contributed by atoms with Gasteiger partial charge in [0.25, 0.3) is 0 Å². The predicted octanol–water partition coefficient (Wildman–Crippen LogP) is 1.17. The quantitative estimate of drug-likeness (QED) is 0.327. The summed E-state index contributed by atoms with van der Waals surface area (Å²) in [5.74, 6) is -0.288. The Bertz CT molecular complexity index is 303. The molecule has 0 spiro atoms. The molecule has 0 aromatic carbocycles. The lowest BCUT2D eigenvalue weighted by Crippen LogP contribution is -2.39. The maximum atomic E-state index is 12.1. The normalized spacial score (nSPS) is 13.3. The number of carbonyl (C=O) groups is 1. The van der Waals surface area contributed by atoms with E-state index >= 15 is 0 Å². The number of aliphatic hydroxyl groups excluding tert-OH is 3. The van der Waals surface area contributed by atoms with Gasteiger partial charge in [-0.1, -0.05) is 32.6 Å². The standard InChI is InChI=1S/C17H35NO5/c1-4-5-6-7-8-17(2,3)16(22)23-14-15(21)13-18(9-11-19)10-12-20/h15,19-21H,4-14H2,1-3H3. The van der Waals surface area contributed by atoms with E-state index in [0.29, 0.717) is 13.1 Å². The molecule has 23 heavy (non-hydrogen) atoms. The van der Waals surface area contributed by atoms with E-state index in [1.807, 2.05) is 13.8 Å². The first-order chi connectivity index (χ1) is 10.9. The van der Waals surface area contributed by atoms with Crippen LogP contribution in [0.1, 0.15) is 52.9 Å². The Balaban J connectivity index is 4.13. The molecule has 6 nitrogen and oxygen atoms in total. The average Bonchev–Trinajstić information content (AvgIpc) is 2.49. The third-order valence-electron chi connectivity index (χ3n) is 3.92. The number of esters is 1. The summed E-state index contributed by atoms with van der Waals surface area (Å²) in [4.78, 5) is 13.9. The maximum absolute atomic E-state index is 12.1. The Kier molecular flexibility index (Phi) is 12.3. The van der Waals surface area contributed by atoms with E-state index < -0.39 is 11.5 Å². The Hall–Kier alpha value is -0.690. The molecule has 6 heteroatoms. The third kappa shape index (κ3) is 10.7. The van der Waals surface area contributed by atoms with Gasteiger partial charge in [-0.3, -0.25) is 9.69 Å². The van der Waals surface area contributed by atoms with Crippen LogP contribution in [0.3, 0.4) is 0 Å². The van der Waals surface area contributed by atoms with Gasteiger partial charge < -0.3 is 20.1 Å². The topological polar surface area (TPSA) is 90.2 Å². The van der Waals surface area contributed by atoms with Gasteiger partial charge in [-0.25, -0.2) is 0 Å². The number of unbranched alkanes of at least 4 members (excludes halogenated alkanes) is 3. The van der Waals surface area contributed by atoms with Crippen molar-refractivity contribution in [2.24, 2.45) is 5.41 Å². The number of carbonyl (C=O) groups excluding carboxylic acids is 1. The van der Waals surface area contributed by atoms with E-state index in [9.17, 15) is 9.90 Å². The van der Waals surface area contributed by atoms with Gasteiger partial charge in [0.15, 0.2) is 0 Å². The zero-order chi connectivity index (χ0) is 17.7. The number of hydrogen-bond donors (Lipinski definition) is 3. The molecule has 1 atom stereocenters. The van der Waals surface area contributed by atoms with E-state index in [-0.39, 0.29) is 32.3 Å². The van der Waals surface area contributed by atoms with Crippen molar-refractivity contribution in [2.45, 2.75) is 59.0 Å². The van der Waals surface area contributed by atoms with Crippen LogP contribution in [0.2, 0.25) is 0 Å². The molecule has 0 aromatic rings. The lowest BCUT2D eigenvalue weighted by atomic mass is 9.87.